The van der Waals surface area contributed by atoms with Crippen molar-refractivity contribution >= 4 is 5.69 Å². The van der Waals surface area contributed by atoms with Crippen LogP contribution in [0, 0.1) is 12.7 Å². The monoisotopic (exact) mass is 253 g/mol. The van der Waals surface area contributed by atoms with Crippen LogP contribution < -0.4 is 10.1 Å². The first-order chi connectivity index (χ1) is 8.70. The molecule has 1 N–H and O–H groups in total. The Kier molecular flexibility index (Phi) is 4.42. The third-order valence-corrected chi connectivity index (χ3v) is 2.95. The molecule has 1 aromatic rings. The van der Waals surface area contributed by atoms with Gasteiger partial charge in [0.1, 0.15) is 11.6 Å². The molecule has 0 aromatic heterocycles. The molecule has 0 heterocycles. The highest BCUT2D eigenvalue weighted by atomic mass is 19.1. The Bertz CT molecular complexity index is 405. The highest BCUT2D eigenvalue weighted by Crippen LogP contribution is 2.30. The molecule has 0 atom stereocenters. The Labute approximate surface area is 107 Å². The largest absolute Gasteiger partial charge is 0.493 e. The molecule has 1 fully saturated rings. The summed E-state index contributed by atoms with van der Waals surface area (Å²) >= 11 is 0. The molecule has 0 spiro atoms. The van der Waals surface area contributed by atoms with Crippen molar-refractivity contribution in [2.75, 3.05) is 25.6 Å². The SMILES string of the molecule is COCCCOc1cc(NC2CC2)c(F)cc1C. The summed E-state index contributed by atoms with van der Waals surface area (Å²) in [6, 6.07) is 3.72. The lowest BCUT2D eigenvalue weighted by atomic mass is 10.2. The second-order valence-corrected chi connectivity index (χ2v) is 4.71. The molecule has 0 radical (unpaired) electrons. The molecule has 0 unspecified atom stereocenters. The van der Waals surface area contributed by atoms with Gasteiger partial charge in [0.2, 0.25) is 0 Å². The Morgan fingerprint density at radius 3 is 2.78 bits per heavy atom. The summed E-state index contributed by atoms with van der Waals surface area (Å²) in [7, 11) is 1.67. The van der Waals surface area contributed by atoms with Crippen molar-refractivity contribution < 1.29 is 13.9 Å². The normalized spacial score (nSPS) is 14.6. The average Bonchev–Trinajstić information content (AvgIpc) is 3.14. The van der Waals surface area contributed by atoms with E-state index in [-0.39, 0.29) is 5.82 Å². The standard InChI is InChI=1S/C14H20FNO2/c1-10-8-12(15)13(16-11-4-5-11)9-14(10)18-7-3-6-17-2/h8-9,11,16H,3-7H2,1-2H3. The maximum absolute atomic E-state index is 13.7. The van der Waals surface area contributed by atoms with Crippen LogP contribution in [-0.2, 0) is 4.74 Å². The van der Waals surface area contributed by atoms with Gasteiger partial charge in [-0.05, 0) is 31.4 Å². The minimum atomic E-state index is -0.205. The molecule has 0 amide bonds. The van der Waals surface area contributed by atoms with Gasteiger partial charge in [-0.2, -0.15) is 0 Å². The van der Waals surface area contributed by atoms with Crippen LogP contribution in [0.25, 0.3) is 0 Å². The minimum absolute atomic E-state index is 0.205. The Morgan fingerprint density at radius 2 is 2.11 bits per heavy atom. The number of benzene rings is 1. The van der Waals surface area contributed by atoms with Crippen LogP contribution in [0.5, 0.6) is 5.75 Å². The highest BCUT2D eigenvalue weighted by molar-refractivity contribution is 5.54. The van der Waals surface area contributed by atoms with Crippen LogP contribution in [0.1, 0.15) is 24.8 Å². The van der Waals surface area contributed by atoms with E-state index in [9.17, 15) is 4.39 Å². The molecule has 1 saturated carbocycles. The predicted molar refractivity (Wildman–Crippen MR) is 69.8 cm³/mol. The molecule has 0 aliphatic heterocycles. The Morgan fingerprint density at radius 1 is 1.33 bits per heavy atom. The zero-order valence-corrected chi connectivity index (χ0v) is 11.0. The number of methoxy groups -OCH3 is 1. The lowest BCUT2D eigenvalue weighted by molar-refractivity contribution is 0.172. The van der Waals surface area contributed by atoms with Crippen molar-refractivity contribution in [2.24, 2.45) is 0 Å². The maximum atomic E-state index is 13.7. The fourth-order valence-corrected chi connectivity index (χ4v) is 1.75. The van der Waals surface area contributed by atoms with E-state index in [0.29, 0.717) is 24.9 Å². The second-order valence-electron chi connectivity index (χ2n) is 4.71. The molecule has 0 saturated heterocycles. The van der Waals surface area contributed by atoms with E-state index in [1.54, 1.807) is 13.2 Å². The maximum Gasteiger partial charge on any atom is 0.146 e. The first-order valence-electron chi connectivity index (χ1n) is 6.39. The lowest BCUT2D eigenvalue weighted by Crippen LogP contribution is -2.06. The predicted octanol–water partition coefficient (Wildman–Crippen LogP) is 3.12. The van der Waals surface area contributed by atoms with Gasteiger partial charge in [0.15, 0.2) is 0 Å². The van der Waals surface area contributed by atoms with Crippen molar-refractivity contribution in [3.8, 4) is 5.75 Å². The molecule has 18 heavy (non-hydrogen) atoms. The molecule has 2 rings (SSSR count). The fraction of sp³-hybridized carbons (Fsp3) is 0.571. The number of hydrogen-bond donors (Lipinski definition) is 1. The van der Waals surface area contributed by atoms with Gasteiger partial charge >= 0.3 is 0 Å². The van der Waals surface area contributed by atoms with Gasteiger partial charge in [-0.25, -0.2) is 4.39 Å². The van der Waals surface area contributed by atoms with Crippen molar-refractivity contribution in [3.05, 3.63) is 23.5 Å². The van der Waals surface area contributed by atoms with Gasteiger partial charge < -0.3 is 14.8 Å². The number of anilines is 1. The van der Waals surface area contributed by atoms with Crippen molar-refractivity contribution in [3.63, 3.8) is 0 Å². The highest BCUT2D eigenvalue weighted by Gasteiger charge is 2.22. The van der Waals surface area contributed by atoms with Gasteiger partial charge in [0.25, 0.3) is 0 Å². The number of nitrogens with one attached hydrogen (secondary N) is 1. The summed E-state index contributed by atoms with van der Waals surface area (Å²) in [6.45, 7) is 3.12. The van der Waals surface area contributed by atoms with E-state index in [1.165, 1.54) is 6.07 Å². The van der Waals surface area contributed by atoms with Gasteiger partial charge in [-0.15, -0.1) is 0 Å². The van der Waals surface area contributed by atoms with E-state index in [2.05, 4.69) is 5.32 Å². The zero-order chi connectivity index (χ0) is 13.0. The summed E-state index contributed by atoms with van der Waals surface area (Å²) in [6.07, 6.45) is 3.08. The van der Waals surface area contributed by atoms with E-state index >= 15 is 0 Å². The van der Waals surface area contributed by atoms with E-state index in [0.717, 1.165) is 30.6 Å². The summed E-state index contributed by atoms with van der Waals surface area (Å²) < 4.78 is 24.3. The molecular weight excluding hydrogens is 233 g/mol. The number of hydrogen-bond acceptors (Lipinski definition) is 3. The van der Waals surface area contributed by atoms with Gasteiger partial charge in [0, 0.05) is 32.2 Å². The van der Waals surface area contributed by atoms with Crippen molar-refractivity contribution in [1.82, 2.24) is 0 Å². The minimum Gasteiger partial charge on any atom is -0.493 e. The van der Waals surface area contributed by atoms with Gasteiger partial charge in [0.05, 0.1) is 12.3 Å². The summed E-state index contributed by atoms with van der Waals surface area (Å²) in [5.41, 5.74) is 1.37. The average molecular weight is 253 g/mol. The van der Waals surface area contributed by atoms with E-state index in [4.69, 9.17) is 9.47 Å². The van der Waals surface area contributed by atoms with Gasteiger partial charge in [-0.1, -0.05) is 0 Å². The van der Waals surface area contributed by atoms with Crippen LogP contribution in [0.2, 0.25) is 0 Å². The summed E-state index contributed by atoms with van der Waals surface area (Å²) in [5, 5.41) is 3.17. The molecule has 1 aliphatic carbocycles. The fourth-order valence-electron chi connectivity index (χ4n) is 1.75. The summed E-state index contributed by atoms with van der Waals surface area (Å²) in [4.78, 5) is 0. The second kappa shape index (κ2) is 6.05. The number of aryl methyl sites for hydroxylation is 1. The molecule has 3 nitrogen and oxygen atoms in total. The number of rotatable bonds is 7. The smallest absolute Gasteiger partial charge is 0.146 e. The first-order valence-corrected chi connectivity index (χ1v) is 6.39. The number of halogens is 1. The third-order valence-electron chi connectivity index (χ3n) is 2.95. The molecular formula is C14H20FNO2. The topological polar surface area (TPSA) is 30.5 Å². The first kappa shape index (κ1) is 13.1. The van der Waals surface area contributed by atoms with Crippen LogP contribution in [0.4, 0.5) is 10.1 Å². The quantitative estimate of drug-likeness (QED) is 0.757. The van der Waals surface area contributed by atoms with E-state index in [1.807, 2.05) is 6.92 Å². The molecule has 1 aliphatic rings. The summed E-state index contributed by atoms with van der Waals surface area (Å²) in [5.74, 6) is 0.541. The molecule has 0 bridgehead atoms. The molecule has 1 aromatic carbocycles. The Hall–Kier alpha value is -1.29. The molecule has 4 heteroatoms. The number of ether oxygens (including phenoxy) is 2. The molecule has 100 valence electrons. The van der Waals surface area contributed by atoms with Crippen LogP contribution in [0.3, 0.4) is 0 Å². The van der Waals surface area contributed by atoms with E-state index < -0.39 is 0 Å². The van der Waals surface area contributed by atoms with Crippen LogP contribution in [-0.4, -0.2) is 26.4 Å². The third kappa shape index (κ3) is 3.60. The Balaban J connectivity index is 1.98. The van der Waals surface area contributed by atoms with Crippen LogP contribution >= 0.6 is 0 Å². The zero-order valence-electron chi connectivity index (χ0n) is 11.0. The van der Waals surface area contributed by atoms with Crippen LogP contribution in [0.15, 0.2) is 12.1 Å². The lowest BCUT2D eigenvalue weighted by Gasteiger charge is -2.13. The van der Waals surface area contributed by atoms with Crippen molar-refractivity contribution in [2.45, 2.75) is 32.2 Å². The van der Waals surface area contributed by atoms with Gasteiger partial charge in [-0.3, -0.25) is 0 Å². The van der Waals surface area contributed by atoms with Crippen molar-refractivity contribution in [1.29, 1.82) is 0 Å².